The molecule has 1 aliphatic heterocycles. The van der Waals surface area contributed by atoms with Gasteiger partial charge in [-0.2, -0.15) is 0 Å². The third-order valence-electron chi connectivity index (χ3n) is 2.60. The van der Waals surface area contributed by atoms with E-state index in [-0.39, 0.29) is 0 Å². The highest BCUT2D eigenvalue weighted by Crippen LogP contribution is 2.27. The van der Waals surface area contributed by atoms with Gasteiger partial charge in [0.1, 0.15) is 6.10 Å². The summed E-state index contributed by atoms with van der Waals surface area (Å²) in [5, 5.41) is 9.02. The summed E-state index contributed by atoms with van der Waals surface area (Å²) in [6.07, 6.45) is -1.41. The topological polar surface area (TPSA) is 55.8 Å². The molecular formula is C12H14O4. The van der Waals surface area contributed by atoms with Gasteiger partial charge >= 0.3 is 5.97 Å². The van der Waals surface area contributed by atoms with Gasteiger partial charge in [-0.3, -0.25) is 0 Å². The van der Waals surface area contributed by atoms with E-state index in [2.05, 4.69) is 0 Å². The summed E-state index contributed by atoms with van der Waals surface area (Å²) in [7, 11) is 0. The van der Waals surface area contributed by atoms with Gasteiger partial charge in [0.15, 0.2) is 6.10 Å². The van der Waals surface area contributed by atoms with Crippen LogP contribution < -0.4 is 0 Å². The predicted molar refractivity (Wildman–Crippen MR) is 57.2 cm³/mol. The fourth-order valence-corrected chi connectivity index (χ4v) is 1.75. The van der Waals surface area contributed by atoms with Crippen LogP contribution in [0.15, 0.2) is 24.3 Å². The molecule has 2 unspecified atom stereocenters. The van der Waals surface area contributed by atoms with Crippen molar-refractivity contribution >= 4 is 5.97 Å². The first kappa shape index (κ1) is 11.1. The average Bonchev–Trinajstić information content (AvgIpc) is 2.30. The second-order valence-electron chi connectivity index (χ2n) is 3.83. The molecule has 1 aromatic rings. The van der Waals surface area contributed by atoms with E-state index in [1.807, 2.05) is 31.2 Å². The molecule has 86 valence electrons. The molecular weight excluding hydrogens is 208 g/mol. The summed E-state index contributed by atoms with van der Waals surface area (Å²) in [6, 6.07) is 7.63. The zero-order chi connectivity index (χ0) is 11.5. The number of carboxylic acids is 1. The van der Waals surface area contributed by atoms with Crippen molar-refractivity contribution in [2.75, 3.05) is 13.2 Å². The van der Waals surface area contributed by atoms with Crippen LogP contribution in [0.25, 0.3) is 0 Å². The number of hydrogen-bond acceptors (Lipinski definition) is 3. The zero-order valence-electron chi connectivity index (χ0n) is 9.05. The first-order valence-electron chi connectivity index (χ1n) is 5.21. The van der Waals surface area contributed by atoms with Crippen LogP contribution in [-0.2, 0) is 14.3 Å². The van der Waals surface area contributed by atoms with E-state index in [0.717, 1.165) is 11.1 Å². The van der Waals surface area contributed by atoms with E-state index in [0.29, 0.717) is 13.2 Å². The summed E-state index contributed by atoms with van der Waals surface area (Å²) in [5.74, 6) is -0.981. The Hall–Kier alpha value is -1.39. The molecule has 0 spiro atoms. The van der Waals surface area contributed by atoms with Gasteiger partial charge in [-0.25, -0.2) is 4.79 Å². The number of rotatable bonds is 2. The lowest BCUT2D eigenvalue weighted by Gasteiger charge is -2.29. The SMILES string of the molecule is Cc1ccc(C2OCCOC2C(=O)O)cc1. The summed E-state index contributed by atoms with van der Waals surface area (Å²) in [5.41, 5.74) is 1.98. The lowest BCUT2D eigenvalue weighted by molar-refractivity contribution is -0.181. The fourth-order valence-electron chi connectivity index (χ4n) is 1.75. The van der Waals surface area contributed by atoms with Gasteiger partial charge in [0.2, 0.25) is 0 Å². The fraction of sp³-hybridized carbons (Fsp3) is 0.417. The highest BCUT2D eigenvalue weighted by molar-refractivity contribution is 5.73. The Kier molecular flexibility index (Phi) is 3.22. The van der Waals surface area contributed by atoms with Gasteiger partial charge in [0.05, 0.1) is 13.2 Å². The maximum atomic E-state index is 11.0. The maximum absolute atomic E-state index is 11.0. The van der Waals surface area contributed by atoms with E-state index in [9.17, 15) is 4.79 Å². The van der Waals surface area contributed by atoms with Gasteiger partial charge in [0.25, 0.3) is 0 Å². The van der Waals surface area contributed by atoms with Crippen molar-refractivity contribution in [2.45, 2.75) is 19.1 Å². The molecule has 0 aliphatic carbocycles. The van der Waals surface area contributed by atoms with Crippen LogP contribution in [0.1, 0.15) is 17.2 Å². The van der Waals surface area contributed by atoms with Crippen LogP contribution >= 0.6 is 0 Å². The number of benzene rings is 1. The number of hydrogen-bond donors (Lipinski definition) is 1. The molecule has 1 fully saturated rings. The Labute approximate surface area is 93.8 Å². The quantitative estimate of drug-likeness (QED) is 0.824. The Morgan fingerprint density at radius 2 is 1.88 bits per heavy atom. The molecule has 0 aromatic heterocycles. The Morgan fingerprint density at radius 3 is 2.50 bits per heavy atom. The van der Waals surface area contributed by atoms with E-state index in [4.69, 9.17) is 14.6 Å². The van der Waals surface area contributed by atoms with Crippen molar-refractivity contribution in [3.05, 3.63) is 35.4 Å². The third-order valence-corrected chi connectivity index (χ3v) is 2.60. The lowest BCUT2D eigenvalue weighted by atomic mass is 10.0. The number of aryl methyl sites for hydroxylation is 1. The minimum atomic E-state index is -0.981. The molecule has 0 bridgehead atoms. The normalized spacial score (nSPS) is 25.3. The summed E-state index contributed by atoms with van der Waals surface area (Å²) in [4.78, 5) is 11.0. The van der Waals surface area contributed by atoms with Gasteiger partial charge in [-0.05, 0) is 12.5 Å². The van der Waals surface area contributed by atoms with Crippen molar-refractivity contribution in [1.82, 2.24) is 0 Å². The van der Waals surface area contributed by atoms with Crippen LogP contribution in [0.2, 0.25) is 0 Å². The second-order valence-corrected chi connectivity index (χ2v) is 3.83. The van der Waals surface area contributed by atoms with Crippen molar-refractivity contribution in [2.24, 2.45) is 0 Å². The number of carboxylic acid groups (broad SMARTS) is 1. The van der Waals surface area contributed by atoms with Crippen LogP contribution in [0.3, 0.4) is 0 Å². The maximum Gasteiger partial charge on any atom is 0.335 e. The van der Waals surface area contributed by atoms with Gasteiger partial charge < -0.3 is 14.6 Å². The van der Waals surface area contributed by atoms with E-state index >= 15 is 0 Å². The monoisotopic (exact) mass is 222 g/mol. The first-order chi connectivity index (χ1) is 7.68. The van der Waals surface area contributed by atoms with Gasteiger partial charge in [-0.15, -0.1) is 0 Å². The number of ether oxygens (including phenoxy) is 2. The van der Waals surface area contributed by atoms with Crippen molar-refractivity contribution in [3.63, 3.8) is 0 Å². The molecule has 16 heavy (non-hydrogen) atoms. The molecule has 1 heterocycles. The standard InChI is InChI=1S/C12H14O4/c1-8-2-4-9(5-3-8)10-11(12(13)14)16-7-6-15-10/h2-5,10-11H,6-7H2,1H3,(H,13,14). The summed E-state index contributed by atoms with van der Waals surface area (Å²) in [6.45, 7) is 2.75. The molecule has 1 aliphatic rings. The van der Waals surface area contributed by atoms with Gasteiger partial charge in [-0.1, -0.05) is 29.8 Å². The van der Waals surface area contributed by atoms with Gasteiger partial charge in [0, 0.05) is 0 Å². The molecule has 0 saturated carbocycles. The van der Waals surface area contributed by atoms with E-state index < -0.39 is 18.2 Å². The average molecular weight is 222 g/mol. The highest BCUT2D eigenvalue weighted by atomic mass is 16.6. The molecule has 0 radical (unpaired) electrons. The predicted octanol–water partition coefficient (Wildman–Crippen LogP) is 1.54. The smallest absolute Gasteiger partial charge is 0.335 e. The molecule has 1 aromatic carbocycles. The minimum Gasteiger partial charge on any atom is -0.479 e. The molecule has 1 N–H and O–H groups in total. The molecule has 4 heteroatoms. The largest absolute Gasteiger partial charge is 0.479 e. The molecule has 2 atom stereocenters. The molecule has 0 amide bonds. The molecule has 4 nitrogen and oxygen atoms in total. The minimum absolute atomic E-state index is 0.333. The van der Waals surface area contributed by atoms with E-state index in [1.54, 1.807) is 0 Å². The number of carbonyl (C=O) groups is 1. The summed E-state index contributed by atoms with van der Waals surface area (Å²) >= 11 is 0. The zero-order valence-corrected chi connectivity index (χ0v) is 9.05. The van der Waals surface area contributed by atoms with Crippen molar-refractivity contribution < 1.29 is 19.4 Å². The van der Waals surface area contributed by atoms with Crippen LogP contribution in [-0.4, -0.2) is 30.4 Å². The first-order valence-corrected chi connectivity index (χ1v) is 5.21. The van der Waals surface area contributed by atoms with Crippen molar-refractivity contribution in [1.29, 1.82) is 0 Å². The summed E-state index contributed by atoms with van der Waals surface area (Å²) < 4.78 is 10.7. The molecule has 2 rings (SSSR count). The third kappa shape index (κ3) is 2.23. The highest BCUT2D eigenvalue weighted by Gasteiger charge is 2.33. The van der Waals surface area contributed by atoms with Crippen LogP contribution in [0.5, 0.6) is 0 Å². The number of aliphatic carboxylic acids is 1. The van der Waals surface area contributed by atoms with Crippen LogP contribution in [0.4, 0.5) is 0 Å². The van der Waals surface area contributed by atoms with E-state index in [1.165, 1.54) is 0 Å². The Bertz CT molecular complexity index is 371. The Balaban J connectivity index is 2.23. The molecule has 1 saturated heterocycles. The second kappa shape index (κ2) is 4.63. The lowest BCUT2D eigenvalue weighted by Crippen LogP contribution is -2.38. The Morgan fingerprint density at radius 1 is 1.25 bits per heavy atom. The van der Waals surface area contributed by atoms with Crippen molar-refractivity contribution in [3.8, 4) is 0 Å². The van der Waals surface area contributed by atoms with Crippen LogP contribution in [0, 0.1) is 6.92 Å².